The third kappa shape index (κ3) is 8.77. The van der Waals surface area contributed by atoms with Gasteiger partial charge in [-0.1, -0.05) is 12.1 Å². The molecular weight excluding hydrogens is 503 g/mol. The molecule has 0 amide bonds. The number of rotatable bonds is 8. The van der Waals surface area contributed by atoms with Crippen LogP contribution in [0.2, 0.25) is 0 Å². The molecule has 7 heteroatoms. The second-order valence-electron chi connectivity index (χ2n) is 8.76. The Morgan fingerprint density at radius 2 is 1.81 bits per heavy atom. The lowest BCUT2D eigenvalue weighted by molar-refractivity contribution is 0.0625. The van der Waals surface area contributed by atoms with E-state index in [1.807, 2.05) is 7.05 Å². The van der Waals surface area contributed by atoms with Crippen molar-refractivity contribution in [3.8, 4) is 5.75 Å². The lowest BCUT2D eigenvalue weighted by Crippen LogP contribution is -2.44. The number of nitrogens with one attached hydrogen (secondary N) is 1. The third-order valence-corrected chi connectivity index (χ3v) is 6.61. The summed E-state index contributed by atoms with van der Waals surface area (Å²) in [5.41, 5.74) is 1.36. The number of hydrogen-bond acceptors (Lipinski definition) is 4. The first kappa shape index (κ1) is 26.2. The van der Waals surface area contributed by atoms with E-state index in [2.05, 4.69) is 51.4 Å². The van der Waals surface area contributed by atoms with Crippen LogP contribution in [-0.4, -0.2) is 76.4 Å². The number of likely N-dealkylation sites (tertiary alicyclic amines) is 1. The predicted molar refractivity (Wildman–Crippen MR) is 139 cm³/mol. The standard InChI is InChI=1S/C24H40N4O2.HI/c1-25-24(27(2)13-8-20-11-16-30-17-12-20)26-18-21-9-14-28(15-10-21)19-22-4-6-23(29-3)7-5-22;/h4-7,20-21H,8-19H2,1-3H3,(H,25,26);1H. The second-order valence-corrected chi connectivity index (χ2v) is 8.76. The molecule has 2 heterocycles. The van der Waals surface area contributed by atoms with E-state index in [0.717, 1.165) is 69.5 Å². The van der Waals surface area contributed by atoms with Crippen molar-refractivity contribution < 1.29 is 9.47 Å². The zero-order chi connectivity index (χ0) is 21.2. The SMILES string of the molecule is CN=C(NCC1CCN(Cc2ccc(OC)cc2)CC1)N(C)CCC1CCOCC1.I. The van der Waals surface area contributed by atoms with E-state index < -0.39 is 0 Å². The third-order valence-electron chi connectivity index (χ3n) is 6.61. The average molecular weight is 545 g/mol. The van der Waals surface area contributed by atoms with E-state index in [0.29, 0.717) is 0 Å². The number of piperidine rings is 1. The second kappa shape index (κ2) is 14.2. The Labute approximate surface area is 205 Å². The van der Waals surface area contributed by atoms with Gasteiger partial charge in [0.05, 0.1) is 7.11 Å². The van der Waals surface area contributed by atoms with Gasteiger partial charge in [0.15, 0.2) is 5.96 Å². The molecule has 1 N–H and O–H groups in total. The first-order valence-corrected chi connectivity index (χ1v) is 11.5. The summed E-state index contributed by atoms with van der Waals surface area (Å²) in [5, 5.41) is 3.62. The van der Waals surface area contributed by atoms with Crippen LogP contribution >= 0.6 is 24.0 Å². The molecule has 0 aliphatic carbocycles. The molecule has 0 bridgehead atoms. The van der Waals surface area contributed by atoms with Crippen LogP contribution in [0.15, 0.2) is 29.3 Å². The first-order valence-electron chi connectivity index (χ1n) is 11.5. The van der Waals surface area contributed by atoms with E-state index >= 15 is 0 Å². The van der Waals surface area contributed by atoms with E-state index in [9.17, 15) is 0 Å². The topological polar surface area (TPSA) is 49.3 Å². The lowest BCUT2D eigenvalue weighted by atomic mass is 9.96. The molecule has 1 aromatic rings. The Kier molecular flexibility index (Phi) is 12.0. The molecule has 2 aliphatic rings. The molecule has 0 unspecified atom stereocenters. The number of benzene rings is 1. The molecular formula is C24H41IN4O2. The zero-order valence-corrected chi connectivity index (χ0v) is 21.8. The van der Waals surface area contributed by atoms with Gasteiger partial charge in [-0.05, 0) is 74.7 Å². The molecule has 6 nitrogen and oxygen atoms in total. The summed E-state index contributed by atoms with van der Waals surface area (Å²) >= 11 is 0. The summed E-state index contributed by atoms with van der Waals surface area (Å²) in [5.74, 6) is 3.48. The zero-order valence-electron chi connectivity index (χ0n) is 19.5. The number of methoxy groups -OCH3 is 1. The van der Waals surface area contributed by atoms with E-state index in [4.69, 9.17) is 9.47 Å². The summed E-state index contributed by atoms with van der Waals surface area (Å²) in [6.07, 6.45) is 6.12. The van der Waals surface area contributed by atoms with Crippen molar-refractivity contribution in [3.05, 3.63) is 29.8 Å². The predicted octanol–water partition coefficient (Wildman–Crippen LogP) is 3.85. The van der Waals surface area contributed by atoms with E-state index in [1.54, 1.807) is 7.11 Å². The minimum atomic E-state index is 0. The van der Waals surface area contributed by atoms with Crippen LogP contribution in [0, 0.1) is 11.8 Å². The Balaban J connectivity index is 0.00000341. The van der Waals surface area contributed by atoms with Crippen LogP contribution in [0.5, 0.6) is 5.75 Å². The molecule has 0 atom stereocenters. The number of hydrogen-bond donors (Lipinski definition) is 1. The molecule has 0 saturated carbocycles. The van der Waals surface area contributed by atoms with Crippen LogP contribution in [0.1, 0.15) is 37.7 Å². The number of guanidine groups is 1. The van der Waals surface area contributed by atoms with Gasteiger partial charge in [-0.25, -0.2) is 0 Å². The maximum atomic E-state index is 5.47. The van der Waals surface area contributed by atoms with E-state index in [-0.39, 0.29) is 24.0 Å². The van der Waals surface area contributed by atoms with Gasteiger partial charge in [-0.15, -0.1) is 24.0 Å². The minimum absolute atomic E-state index is 0. The van der Waals surface area contributed by atoms with Crippen molar-refractivity contribution in [2.24, 2.45) is 16.8 Å². The highest BCUT2D eigenvalue weighted by Crippen LogP contribution is 2.20. The van der Waals surface area contributed by atoms with Crippen LogP contribution < -0.4 is 10.1 Å². The fourth-order valence-electron chi connectivity index (χ4n) is 4.48. The summed E-state index contributed by atoms with van der Waals surface area (Å²) in [6, 6.07) is 8.45. The van der Waals surface area contributed by atoms with Gasteiger partial charge < -0.3 is 19.7 Å². The number of ether oxygens (including phenoxy) is 2. The monoisotopic (exact) mass is 544 g/mol. The maximum Gasteiger partial charge on any atom is 0.193 e. The molecule has 0 spiro atoms. The summed E-state index contributed by atoms with van der Waals surface area (Å²) < 4.78 is 10.7. The maximum absolute atomic E-state index is 5.47. The quantitative estimate of drug-likeness (QED) is 0.306. The van der Waals surface area contributed by atoms with Gasteiger partial charge in [0.25, 0.3) is 0 Å². The van der Waals surface area contributed by atoms with Gasteiger partial charge in [0.2, 0.25) is 0 Å². The Bertz CT molecular complexity index is 641. The molecule has 0 aromatic heterocycles. The van der Waals surface area contributed by atoms with Crippen molar-refractivity contribution in [1.29, 1.82) is 0 Å². The van der Waals surface area contributed by atoms with Gasteiger partial charge in [0.1, 0.15) is 5.75 Å². The molecule has 2 aliphatic heterocycles. The van der Waals surface area contributed by atoms with Gasteiger partial charge in [0, 0.05) is 46.9 Å². The van der Waals surface area contributed by atoms with Crippen molar-refractivity contribution >= 4 is 29.9 Å². The fourth-order valence-corrected chi connectivity index (χ4v) is 4.48. The van der Waals surface area contributed by atoms with Crippen LogP contribution in [0.3, 0.4) is 0 Å². The number of halogens is 1. The molecule has 3 rings (SSSR count). The Morgan fingerprint density at radius 1 is 1.13 bits per heavy atom. The highest BCUT2D eigenvalue weighted by molar-refractivity contribution is 14.0. The van der Waals surface area contributed by atoms with E-state index in [1.165, 1.54) is 37.7 Å². The molecule has 2 fully saturated rings. The molecule has 31 heavy (non-hydrogen) atoms. The Hall–Kier alpha value is -1.06. The number of nitrogens with zero attached hydrogens (tertiary/aromatic N) is 3. The lowest BCUT2D eigenvalue weighted by Gasteiger charge is -2.33. The minimum Gasteiger partial charge on any atom is -0.497 e. The highest BCUT2D eigenvalue weighted by atomic mass is 127. The number of aliphatic imine (C=N–C) groups is 1. The van der Waals surface area contributed by atoms with Crippen LogP contribution in [0.4, 0.5) is 0 Å². The molecule has 176 valence electrons. The van der Waals surface area contributed by atoms with Crippen LogP contribution in [0.25, 0.3) is 0 Å². The van der Waals surface area contributed by atoms with Crippen LogP contribution in [-0.2, 0) is 11.3 Å². The summed E-state index contributed by atoms with van der Waals surface area (Å²) in [7, 11) is 5.77. The van der Waals surface area contributed by atoms with Crippen molar-refractivity contribution in [2.45, 2.75) is 38.6 Å². The molecule has 1 aromatic carbocycles. The average Bonchev–Trinajstić information content (AvgIpc) is 2.80. The van der Waals surface area contributed by atoms with Crippen molar-refractivity contribution in [3.63, 3.8) is 0 Å². The summed E-state index contributed by atoms with van der Waals surface area (Å²) in [4.78, 5) is 9.36. The van der Waals surface area contributed by atoms with Crippen molar-refractivity contribution in [1.82, 2.24) is 15.1 Å². The van der Waals surface area contributed by atoms with Gasteiger partial charge in [-0.3, -0.25) is 9.89 Å². The van der Waals surface area contributed by atoms with Crippen molar-refractivity contribution in [2.75, 3.05) is 60.6 Å². The molecule has 2 saturated heterocycles. The normalized spacial score (nSPS) is 19.0. The Morgan fingerprint density at radius 3 is 2.42 bits per heavy atom. The highest BCUT2D eigenvalue weighted by Gasteiger charge is 2.20. The first-order chi connectivity index (χ1) is 14.7. The van der Waals surface area contributed by atoms with Gasteiger partial charge >= 0.3 is 0 Å². The largest absolute Gasteiger partial charge is 0.497 e. The molecule has 0 radical (unpaired) electrons. The van der Waals surface area contributed by atoms with Gasteiger partial charge in [-0.2, -0.15) is 0 Å². The fraction of sp³-hybridized carbons (Fsp3) is 0.708. The smallest absolute Gasteiger partial charge is 0.193 e. The summed E-state index contributed by atoms with van der Waals surface area (Å²) in [6.45, 7) is 7.29.